The molecule has 0 spiro atoms. The molecule has 2 amide bonds. The van der Waals surface area contributed by atoms with Crippen LogP contribution in [-0.4, -0.2) is 52.4 Å². The molecule has 0 aromatic carbocycles. The Morgan fingerprint density at radius 3 is 3.00 bits per heavy atom. The van der Waals surface area contributed by atoms with Gasteiger partial charge in [-0.25, -0.2) is 4.98 Å². The summed E-state index contributed by atoms with van der Waals surface area (Å²) in [5, 5.41) is 9.77. The van der Waals surface area contributed by atoms with Gasteiger partial charge in [-0.2, -0.15) is 11.3 Å². The van der Waals surface area contributed by atoms with Crippen LogP contribution >= 0.6 is 23.7 Å². The van der Waals surface area contributed by atoms with Crippen molar-refractivity contribution in [1.29, 1.82) is 0 Å². The summed E-state index contributed by atoms with van der Waals surface area (Å²) in [4.78, 5) is 30.7. The van der Waals surface area contributed by atoms with Gasteiger partial charge in [-0.3, -0.25) is 9.59 Å². The summed E-state index contributed by atoms with van der Waals surface area (Å²) in [6.45, 7) is 2.45. The number of aryl methyl sites for hydroxylation is 1. The van der Waals surface area contributed by atoms with Crippen LogP contribution in [-0.2, 0) is 11.8 Å². The zero-order valence-electron chi connectivity index (χ0n) is 14.0. The van der Waals surface area contributed by atoms with Crippen molar-refractivity contribution >= 4 is 35.6 Å². The summed E-state index contributed by atoms with van der Waals surface area (Å²) in [5.41, 5.74) is 0.639. The van der Waals surface area contributed by atoms with E-state index in [-0.39, 0.29) is 36.7 Å². The van der Waals surface area contributed by atoms with Gasteiger partial charge in [-0.05, 0) is 11.4 Å². The van der Waals surface area contributed by atoms with Gasteiger partial charge < -0.3 is 20.1 Å². The average molecular weight is 384 g/mol. The van der Waals surface area contributed by atoms with Gasteiger partial charge in [0.2, 0.25) is 5.91 Å². The molecule has 0 saturated carbocycles. The van der Waals surface area contributed by atoms with Gasteiger partial charge in [0, 0.05) is 63.0 Å². The molecular weight excluding hydrogens is 362 g/mol. The molecule has 9 heteroatoms. The Hall–Kier alpha value is -1.90. The molecule has 3 rings (SSSR count). The van der Waals surface area contributed by atoms with E-state index in [4.69, 9.17) is 0 Å². The van der Waals surface area contributed by atoms with Crippen molar-refractivity contribution in [2.45, 2.75) is 12.5 Å². The lowest BCUT2D eigenvalue weighted by molar-refractivity contribution is -0.134. The lowest BCUT2D eigenvalue weighted by atomic mass is 10.1. The number of thiophene rings is 1. The minimum atomic E-state index is -0.134. The fourth-order valence-electron chi connectivity index (χ4n) is 2.85. The van der Waals surface area contributed by atoms with E-state index in [0.717, 1.165) is 12.4 Å². The number of piperazine rings is 1. The monoisotopic (exact) mass is 383 g/mol. The lowest BCUT2D eigenvalue weighted by Gasteiger charge is -2.35. The van der Waals surface area contributed by atoms with E-state index in [0.29, 0.717) is 25.2 Å². The smallest absolute Gasteiger partial charge is 0.252 e. The van der Waals surface area contributed by atoms with Gasteiger partial charge in [0.1, 0.15) is 11.9 Å². The van der Waals surface area contributed by atoms with Crippen LogP contribution in [0.25, 0.3) is 0 Å². The molecule has 3 heterocycles. The van der Waals surface area contributed by atoms with Crippen molar-refractivity contribution in [3.8, 4) is 0 Å². The molecule has 1 aliphatic heterocycles. The van der Waals surface area contributed by atoms with E-state index in [1.54, 1.807) is 17.6 Å². The third kappa shape index (κ3) is 4.59. The number of hydrogen-bond acceptors (Lipinski definition) is 5. The number of halogens is 1. The Morgan fingerprint density at radius 2 is 2.32 bits per heavy atom. The van der Waals surface area contributed by atoms with E-state index in [1.165, 1.54) is 11.3 Å². The lowest BCUT2D eigenvalue weighted by Crippen LogP contribution is -2.50. The Labute approximate surface area is 156 Å². The van der Waals surface area contributed by atoms with Crippen LogP contribution in [0.4, 0.5) is 0 Å². The van der Waals surface area contributed by atoms with E-state index in [2.05, 4.69) is 15.6 Å². The highest BCUT2D eigenvalue weighted by molar-refractivity contribution is 7.08. The van der Waals surface area contributed by atoms with E-state index < -0.39 is 0 Å². The average Bonchev–Trinajstić information content (AvgIpc) is 3.26. The molecule has 2 N–H and O–H groups in total. The Balaban J connectivity index is 0.00000225. The van der Waals surface area contributed by atoms with Crippen molar-refractivity contribution < 1.29 is 9.59 Å². The minimum Gasteiger partial charge on any atom is -0.351 e. The first-order valence-electron chi connectivity index (χ1n) is 7.94. The van der Waals surface area contributed by atoms with Crippen LogP contribution in [0.2, 0.25) is 0 Å². The standard InChI is InChI=1S/C16H21N5O2S.ClH/c1-20-7-6-18-15(20)13-10-17-5-8-21(13)14(22)2-4-19-16(23)12-3-9-24-11-12;/h3,6-7,9,11,13,17H,2,4-5,8,10H2,1H3,(H,19,23);1H. The summed E-state index contributed by atoms with van der Waals surface area (Å²) >= 11 is 1.48. The van der Waals surface area contributed by atoms with E-state index >= 15 is 0 Å². The highest BCUT2D eigenvalue weighted by atomic mass is 35.5. The minimum absolute atomic E-state index is 0. The number of nitrogens with zero attached hydrogens (tertiary/aromatic N) is 3. The number of amides is 2. The highest BCUT2D eigenvalue weighted by Gasteiger charge is 2.30. The number of rotatable bonds is 5. The number of carbonyl (C=O) groups is 2. The zero-order valence-corrected chi connectivity index (χ0v) is 15.6. The van der Waals surface area contributed by atoms with Crippen LogP contribution in [0.1, 0.15) is 28.6 Å². The maximum Gasteiger partial charge on any atom is 0.252 e. The molecule has 1 unspecified atom stereocenters. The van der Waals surface area contributed by atoms with Gasteiger partial charge >= 0.3 is 0 Å². The SMILES string of the molecule is Cl.Cn1ccnc1C1CNCCN1C(=O)CCNC(=O)c1ccsc1. The first-order valence-corrected chi connectivity index (χ1v) is 8.89. The molecule has 136 valence electrons. The molecule has 0 radical (unpaired) electrons. The second kappa shape index (κ2) is 8.98. The number of aromatic nitrogens is 2. The van der Waals surface area contributed by atoms with Gasteiger partial charge in [-0.15, -0.1) is 12.4 Å². The predicted molar refractivity (Wildman–Crippen MR) is 99.0 cm³/mol. The largest absolute Gasteiger partial charge is 0.351 e. The van der Waals surface area contributed by atoms with E-state index in [1.807, 2.05) is 28.1 Å². The molecular formula is C16H22ClN5O2S. The second-order valence-corrected chi connectivity index (χ2v) is 6.50. The Kier molecular flexibility index (Phi) is 6.98. The van der Waals surface area contributed by atoms with E-state index in [9.17, 15) is 9.59 Å². The quantitative estimate of drug-likeness (QED) is 0.813. The van der Waals surface area contributed by atoms with Gasteiger partial charge in [0.05, 0.1) is 0 Å². The fourth-order valence-corrected chi connectivity index (χ4v) is 3.49. The van der Waals surface area contributed by atoms with Crippen molar-refractivity contribution in [2.24, 2.45) is 7.05 Å². The number of hydrogen-bond donors (Lipinski definition) is 2. The first kappa shape index (κ1) is 19.4. The molecule has 1 fully saturated rings. The van der Waals surface area contributed by atoms with Gasteiger partial charge in [0.15, 0.2) is 0 Å². The summed E-state index contributed by atoms with van der Waals surface area (Å²) in [5.74, 6) is 0.776. The second-order valence-electron chi connectivity index (χ2n) is 5.72. The number of imidazole rings is 1. The zero-order chi connectivity index (χ0) is 16.9. The number of carbonyl (C=O) groups excluding carboxylic acids is 2. The maximum absolute atomic E-state index is 12.6. The highest BCUT2D eigenvalue weighted by Crippen LogP contribution is 2.21. The molecule has 0 aliphatic carbocycles. The van der Waals surface area contributed by atoms with Gasteiger partial charge in [-0.1, -0.05) is 0 Å². The Morgan fingerprint density at radius 1 is 1.48 bits per heavy atom. The normalized spacial score (nSPS) is 17.0. The molecule has 7 nitrogen and oxygen atoms in total. The third-order valence-electron chi connectivity index (χ3n) is 4.13. The Bertz CT molecular complexity index is 703. The first-order chi connectivity index (χ1) is 11.7. The summed E-state index contributed by atoms with van der Waals surface area (Å²) < 4.78 is 1.94. The fraction of sp³-hybridized carbons (Fsp3) is 0.438. The predicted octanol–water partition coefficient (Wildman–Crippen LogP) is 1.20. The van der Waals surface area contributed by atoms with Crippen LogP contribution < -0.4 is 10.6 Å². The number of nitrogens with one attached hydrogen (secondary N) is 2. The topological polar surface area (TPSA) is 79.3 Å². The van der Waals surface area contributed by atoms with Crippen molar-refractivity contribution in [3.63, 3.8) is 0 Å². The van der Waals surface area contributed by atoms with Gasteiger partial charge in [0.25, 0.3) is 5.91 Å². The molecule has 25 heavy (non-hydrogen) atoms. The molecule has 1 saturated heterocycles. The molecule has 1 atom stereocenters. The molecule has 2 aromatic heterocycles. The van der Waals surface area contributed by atoms with Crippen molar-refractivity contribution in [2.75, 3.05) is 26.2 Å². The van der Waals surface area contributed by atoms with Crippen LogP contribution in [0, 0.1) is 0 Å². The molecule has 0 bridgehead atoms. The maximum atomic E-state index is 12.6. The van der Waals surface area contributed by atoms with Crippen molar-refractivity contribution in [1.82, 2.24) is 25.1 Å². The molecule has 2 aromatic rings. The summed E-state index contributed by atoms with van der Waals surface area (Å²) in [7, 11) is 1.93. The third-order valence-corrected chi connectivity index (χ3v) is 4.81. The van der Waals surface area contributed by atoms with Crippen LogP contribution in [0.3, 0.4) is 0 Å². The van der Waals surface area contributed by atoms with Crippen LogP contribution in [0.15, 0.2) is 29.2 Å². The van der Waals surface area contributed by atoms with Crippen LogP contribution in [0.5, 0.6) is 0 Å². The summed E-state index contributed by atoms with van der Waals surface area (Å²) in [6.07, 6.45) is 3.91. The van der Waals surface area contributed by atoms with Crippen molar-refractivity contribution in [3.05, 3.63) is 40.6 Å². The summed E-state index contributed by atoms with van der Waals surface area (Å²) in [6, 6.07) is 1.70. The molecule has 1 aliphatic rings.